The quantitative estimate of drug-likeness (QED) is 0.329. The number of hydrogen-bond donors (Lipinski definition) is 3. The van der Waals surface area contributed by atoms with Crippen LogP contribution in [0.3, 0.4) is 0 Å². The second-order valence-electron chi connectivity index (χ2n) is 6.78. The molecule has 0 atom stereocenters. The van der Waals surface area contributed by atoms with Crippen molar-refractivity contribution in [2.75, 3.05) is 19.5 Å². The van der Waals surface area contributed by atoms with E-state index in [4.69, 9.17) is 21.1 Å². The van der Waals surface area contributed by atoms with Crippen molar-refractivity contribution in [3.05, 3.63) is 87.9 Å². The van der Waals surface area contributed by atoms with Crippen molar-refractivity contribution in [1.29, 1.82) is 0 Å². The van der Waals surface area contributed by atoms with E-state index >= 15 is 0 Å². The average molecular weight is 482 g/mol. The number of hydrazone groups is 1. The minimum atomic E-state index is -1.24. The molecule has 0 fully saturated rings. The van der Waals surface area contributed by atoms with Gasteiger partial charge in [0.25, 0.3) is 11.8 Å². The van der Waals surface area contributed by atoms with Gasteiger partial charge in [-0.2, -0.15) is 5.10 Å². The smallest absolute Gasteiger partial charge is 0.340 e. The van der Waals surface area contributed by atoms with Crippen molar-refractivity contribution in [2.45, 2.75) is 0 Å². The predicted octanol–water partition coefficient (Wildman–Crippen LogP) is 4.07. The number of methoxy groups -OCH3 is 2. The zero-order valence-electron chi connectivity index (χ0n) is 18.2. The third-order valence-corrected chi connectivity index (χ3v) is 4.99. The maximum atomic E-state index is 12.5. The molecule has 174 valence electrons. The highest BCUT2D eigenvalue weighted by Gasteiger charge is 2.20. The number of rotatable bonds is 8. The Kier molecular flexibility index (Phi) is 7.83. The number of carbonyl (C=O) groups is 3. The van der Waals surface area contributed by atoms with E-state index in [0.29, 0.717) is 16.3 Å². The van der Waals surface area contributed by atoms with Gasteiger partial charge < -0.3 is 19.9 Å². The molecule has 0 radical (unpaired) electrons. The standard InChI is InChI=1S/C24H20ClN3O6/c1-33-19-11-10-15(20(24(31)32)21(19)34-2)13-26-28-22(29)14-6-5-7-16(12-14)27-23(30)17-8-3-4-9-18(17)25/h3-13H,1-2H3,(H,27,30)(H,28,29)(H,31,32)/b26-13+. The fourth-order valence-corrected chi connectivity index (χ4v) is 3.30. The predicted molar refractivity (Wildman–Crippen MR) is 127 cm³/mol. The Morgan fingerprint density at radius 3 is 2.41 bits per heavy atom. The van der Waals surface area contributed by atoms with E-state index in [1.807, 2.05) is 0 Å². The summed E-state index contributed by atoms with van der Waals surface area (Å²) in [5.41, 5.74) is 3.27. The van der Waals surface area contributed by atoms with Crippen molar-refractivity contribution in [3.8, 4) is 11.5 Å². The van der Waals surface area contributed by atoms with Crippen LogP contribution in [0.25, 0.3) is 0 Å². The summed E-state index contributed by atoms with van der Waals surface area (Å²) in [5, 5.41) is 16.4. The normalized spacial score (nSPS) is 10.6. The third-order valence-electron chi connectivity index (χ3n) is 4.66. The summed E-state index contributed by atoms with van der Waals surface area (Å²) in [6.45, 7) is 0. The number of halogens is 1. The molecule has 2 amide bonds. The molecule has 3 N–H and O–H groups in total. The van der Waals surface area contributed by atoms with Crippen LogP contribution in [0.1, 0.15) is 36.6 Å². The number of carboxylic acid groups (broad SMARTS) is 1. The number of nitrogens with zero attached hydrogens (tertiary/aromatic N) is 1. The van der Waals surface area contributed by atoms with Gasteiger partial charge in [0, 0.05) is 16.8 Å². The number of anilines is 1. The lowest BCUT2D eigenvalue weighted by Crippen LogP contribution is -2.19. The van der Waals surface area contributed by atoms with Crippen LogP contribution in [0.15, 0.2) is 65.8 Å². The van der Waals surface area contributed by atoms with Crippen LogP contribution in [0.4, 0.5) is 5.69 Å². The lowest BCUT2D eigenvalue weighted by molar-refractivity contribution is 0.0692. The van der Waals surface area contributed by atoms with Crippen LogP contribution in [-0.2, 0) is 0 Å². The van der Waals surface area contributed by atoms with E-state index in [2.05, 4.69) is 15.8 Å². The summed E-state index contributed by atoms with van der Waals surface area (Å²) >= 11 is 6.05. The van der Waals surface area contributed by atoms with Gasteiger partial charge in [-0.3, -0.25) is 9.59 Å². The Labute approximate surface area is 200 Å². The molecule has 0 spiro atoms. The SMILES string of the molecule is COc1ccc(/C=N/NC(=O)c2cccc(NC(=O)c3ccccc3Cl)c2)c(C(=O)O)c1OC. The molecule has 0 aliphatic heterocycles. The topological polar surface area (TPSA) is 126 Å². The average Bonchev–Trinajstić information content (AvgIpc) is 2.83. The molecule has 3 aromatic rings. The number of carbonyl (C=O) groups excluding carboxylic acids is 2. The van der Waals surface area contributed by atoms with Gasteiger partial charge >= 0.3 is 5.97 Å². The molecular formula is C24H20ClN3O6. The monoisotopic (exact) mass is 481 g/mol. The highest BCUT2D eigenvalue weighted by Crippen LogP contribution is 2.32. The van der Waals surface area contributed by atoms with Crippen LogP contribution in [0.2, 0.25) is 5.02 Å². The number of hydrogen-bond acceptors (Lipinski definition) is 6. The number of benzene rings is 3. The number of carboxylic acids is 1. The van der Waals surface area contributed by atoms with Gasteiger partial charge in [-0.05, 0) is 42.5 Å². The molecule has 0 heterocycles. The van der Waals surface area contributed by atoms with E-state index < -0.39 is 17.8 Å². The number of aromatic carboxylic acids is 1. The van der Waals surface area contributed by atoms with Gasteiger partial charge in [0.05, 0.1) is 31.0 Å². The molecule has 34 heavy (non-hydrogen) atoms. The maximum absolute atomic E-state index is 12.5. The molecule has 0 bridgehead atoms. The van der Waals surface area contributed by atoms with Crippen molar-refractivity contribution in [1.82, 2.24) is 5.43 Å². The second-order valence-corrected chi connectivity index (χ2v) is 7.19. The highest BCUT2D eigenvalue weighted by molar-refractivity contribution is 6.34. The van der Waals surface area contributed by atoms with Crippen molar-refractivity contribution in [2.24, 2.45) is 5.10 Å². The molecule has 0 saturated carbocycles. The van der Waals surface area contributed by atoms with Gasteiger partial charge in [-0.25, -0.2) is 10.2 Å². The minimum absolute atomic E-state index is 0.0345. The minimum Gasteiger partial charge on any atom is -0.493 e. The Morgan fingerprint density at radius 1 is 0.971 bits per heavy atom. The van der Waals surface area contributed by atoms with Crippen LogP contribution >= 0.6 is 11.6 Å². The van der Waals surface area contributed by atoms with E-state index in [1.54, 1.807) is 36.4 Å². The van der Waals surface area contributed by atoms with E-state index in [1.165, 1.54) is 44.7 Å². The van der Waals surface area contributed by atoms with Gasteiger partial charge in [-0.1, -0.05) is 29.8 Å². The van der Waals surface area contributed by atoms with Gasteiger partial charge in [-0.15, -0.1) is 0 Å². The molecule has 3 rings (SSSR count). The summed E-state index contributed by atoms with van der Waals surface area (Å²) in [4.78, 5) is 36.7. The van der Waals surface area contributed by atoms with Gasteiger partial charge in [0.1, 0.15) is 5.56 Å². The lowest BCUT2D eigenvalue weighted by Gasteiger charge is -2.12. The molecule has 9 nitrogen and oxygen atoms in total. The number of nitrogens with one attached hydrogen (secondary N) is 2. The summed E-state index contributed by atoms with van der Waals surface area (Å²) in [7, 11) is 2.72. The zero-order valence-corrected chi connectivity index (χ0v) is 18.9. The third kappa shape index (κ3) is 5.51. The van der Waals surface area contributed by atoms with Crippen molar-refractivity contribution in [3.63, 3.8) is 0 Å². The fraction of sp³-hybridized carbons (Fsp3) is 0.0833. The Balaban J connectivity index is 1.74. The van der Waals surface area contributed by atoms with E-state index in [0.717, 1.165) is 0 Å². The Hall–Kier alpha value is -4.37. The van der Waals surface area contributed by atoms with Gasteiger partial charge in [0.2, 0.25) is 0 Å². The summed E-state index contributed by atoms with van der Waals surface area (Å²) in [5.74, 6) is -1.95. The Morgan fingerprint density at radius 2 is 1.74 bits per heavy atom. The first-order chi connectivity index (χ1) is 16.3. The summed E-state index contributed by atoms with van der Waals surface area (Å²) in [6, 6.07) is 15.8. The molecular weight excluding hydrogens is 462 g/mol. The Bertz CT molecular complexity index is 1280. The van der Waals surface area contributed by atoms with Crippen LogP contribution in [0, 0.1) is 0 Å². The van der Waals surface area contributed by atoms with E-state index in [-0.39, 0.29) is 28.2 Å². The first kappa shape index (κ1) is 24.3. The number of amides is 2. The van der Waals surface area contributed by atoms with Crippen molar-refractivity contribution < 1.29 is 29.0 Å². The maximum Gasteiger partial charge on any atom is 0.340 e. The van der Waals surface area contributed by atoms with E-state index in [9.17, 15) is 19.5 Å². The zero-order chi connectivity index (χ0) is 24.7. The first-order valence-electron chi connectivity index (χ1n) is 9.83. The molecule has 0 aliphatic carbocycles. The summed E-state index contributed by atoms with van der Waals surface area (Å²) in [6.07, 6.45) is 1.19. The van der Waals surface area contributed by atoms with Crippen LogP contribution < -0.4 is 20.2 Å². The molecule has 0 aliphatic rings. The largest absolute Gasteiger partial charge is 0.493 e. The number of ether oxygens (including phenoxy) is 2. The lowest BCUT2D eigenvalue weighted by atomic mass is 10.1. The molecule has 0 unspecified atom stereocenters. The first-order valence-corrected chi connectivity index (χ1v) is 10.2. The highest BCUT2D eigenvalue weighted by atomic mass is 35.5. The second kappa shape index (κ2) is 11.0. The summed E-state index contributed by atoms with van der Waals surface area (Å²) < 4.78 is 10.3. The molecule has 0 saturated heterocycles. The molecule has 3 aromatic carbocycles. The molecule has 10 heteroatoms. The molecule has 0 aromatic heterocycles. The van der Waals surface area contributed by atoms with Crippen LogP contribution in [-0.4, -0.2) is 43.3 Å². The fourth-order valence-electron chi connectivity index (χ4n) is 3.08. The van der Waals surface area contributed by atoms with Crippen LogP contribution in [0.5, 0.6) is 11.5 Å². The van der Waals surface area contributed by atoms with Crippen molar-refractivity contribution >= 4 is 41.3 Å². The van der Waals surface area contributed by atoms with Gasteiger partial charge in [0.15, 0.2) is 11.5 Å².